The average Bonchev–Trinajstić information content (AvgIpc) is 2.71. The number of amides is 1. The number of hydroxylamine groups is 1. The highest BCUT2D eigenvalue weighted by Gasteiger charge is 2.21. The molecule has 0 aliphatic rings. The van der Waals surface area contributed by atoms with Crippen LogP contribution in [0.2, 0.25) is 0 Å². The van der Waals surface area contributed by atoms with E-state index >= 15 is 0 Å². The van der Waals surface area contributed by atoms with E-state index in [-0.39, 0.29) is 16.8 Å². The summed E-state index contributed by atoms with van der Waals surface area (Å²) in [6.45, 7) is 0. The number of rotatable bonds is 4. The third-order valence-electron chi connectivity index (χ3n) is 4.01. The average molecular weight is 351 g/mol. The van der Waals surface area contributed by atoms with Crippen LogP contribution < -0.4 is 9.80 Å². The number of anilines is 1. The van der Waals surface area contributed by atoms with Gasteiger partial charge in [0, 0.05) is 10.9 Å². The molecule has 0 aliphatic carbocycles. The highest BCUT2D eigenvalue weighted by atomic mass is 16.5. The van der Waals surface area contributed by atoms with Gasteiger partial charge >= 0.3 is 5.97 Å². The maximum atomic E-state index is 12.7. The first-order valence-corrected chi connectivity index (χ1v) is 7.84. The fraction of sp³-hybridized carbons (Fsp3) is 0.100. The van der Waals surface area contributed by atoms with Crippen molar-refractivity contribution in [2.75, 3.05) is 19.3 Å². The molecule has 6 nitrogen and oxygen atoms in total. The van der Waals surface area contributed by atoms with Crippen molar-refractivity contribution >= 4 is 28.3 Å². The molecule has 3 aromatic carbocycles. The van der Waals surface area contributed by atoms with Crippen LogP contribution in [0.3, 0.4) is 0 Å². The van der Waals surface area contributed by atoms with Crippen LogP contribution in [0.5, 0.6) is 5.75 Å². The molecule has 3 rings (SSSR count). The van der Waals surface area contributed by atoms with E-state index in [4.69, 9.17) is 4.74 Å². The lowest BCUT2D eigenvalue weighted by Gasteiger charge is -2.19. The zero-order valence-corrected chi connectivity index (χ0v) is 14.3. The summed E-state index contributed by atoms with van der Waals surface area (Å²) in [6.07, 6.45) is 0. The van der Waals surface area contributed by atoms with E-state index in [9.17, 15) is 14.8 Å². The Balaban J connectivity index is 2.01. The van der Waals surface area contributed by atoms with Gasteiger partial charge in [0.2, 0.25) is 0 Å². The van der Waals surface area contributed by atoms with Gasteiger partial charge in [0.1, 0.15) is 5.69 Å². The van der Waals surface area contributed by atoms with Crippen LogP contribution in [-0.2, 0) is 4.74 Å². The Bertz CT molecular complexity index is 983. The number of hydrogen-bond donors (Lipinski definition) is 1. The summed E-state index contributed by atoms with van der Waals surface area (Å²) in [5, 5.41) is 12.7. The normalized spacial score (nSPS) is 10.4. The van der Waals surface area contributed by atoms with E-state index in [1.807, 2.05) is 24.3 Å². The van der Waals surface area contributed by atoms with Crippen molar-refractivity contribution in [3.8, 4) is 5.75 Å². The topological polar surface area (TPSA) is 76.1 Å². The molecule has 6 heteroatoms. The van der Waals surface area contributed by atoms with Gasteiger partial charge in [-0.05, 0) is 29.7 Å². The molecule has 0 heterocycles. The van der Waals surface area contributed by atoms with E-state index in [1.165, 1.54) is 32.4 Å². The molecule has 0 unspecified atom stereocenters. The highest BCUT2D eigenvalue weighted by molar-refractivity contribution is 6.08. The van der Waals surface area contributed by atoms with Crippen LogP contribution in [0.4, 0.5) is 5.69 Å². The summed E-state index contributed by atoms with van der Waals surface area (Å²) in [4.78, 5) is 24.3. The Morgan fingerprint density at radius 3 is 2.38 bits per heavy atom. The zero-order chi connectivity index (χ0) is 18.7. The van der Waals surface area contributed by atoms with Crippen LogP contribution in [0.1, 0.15) is 20.7 Å². The highest BCUT2D eigenvalue weighted by Crippen LogP contribution is 2.36. The molecule has 0 saturated carbocycles. The van der Waals surface area contributed by atoms with E-state index in [1.54, 1.807) is 18.2 Å². The lowest BCUT2D eigenvalue weighted by atomic mass is 10.1. The van der Waals surface area contributed by atoms with Crippen LogP contribution in [-0.4, -0.2) is 31.3 Å². The summed E-state index contributed by atoms with van der Waals surface area (Å²) in [5.74, 6) is -0.875. The Hall–Kier alpha value is -3.38. The van der Waals surface area contributed by atoms with Gasteiger partial charge in [-0.3, -0.25) is 10.0 Å². The SMILES string of the molecule is COC(=O)c1cccc(C(=O)N(O)c2ccc3ccccc3c2OC)c1. The summed E-state index contributed by atoms with van der Waals surface area (Å²) < 4.78 is 10.1. The molecule has 1 amide bonds. The molecule has 0 spiro atoms. The molecular weight excluding hydrogens is 334 g/mol. The third-order valence-corrected chi connectivity index (χ3v) is 4.01. The number of nitrogens with zero attached hydrogens (tertiary/aromatic N) is 1. The first-order chi connectivity index (χ1) is 12.6. The second-order valence-corrected chi connectivity index (χ2v) is 5.53. The van der Waals surface area contributed by atoms with Crippen molar-refractivity contribution in [3.05, 3.63) is 71.8 Å². The van der Waals surface area contributed by atoms with Gasteiger partial charge in [0.15, 0.2) is 5.75 Å². The van der Waals surface area contributed by atoms with Crippen molar-refractivity contribution in [2.24, 2.45) is 0 Å². The maximum Gasteiger partial charge on any atom is 0.337 e. The van der Waals surface area contributed by atoms with E-state index < -0.39 is 11.9 Å². The molecule has 0 aliphatic heterocycles. The lowest BCUT2D eigenvalue weighted by molar-refractivity contribution is 0.0600. The summed E-state index contributed by atoms with van der Waals surface area (Å²) in [5.41, 5.74) is 0.572. The van der Waals surface area contributed by atoms with Gasteiger partial charge in [-0.2, -0.15) is 5.06 Å². The number of fused-ring (bicyclic) bond motifs is 1. The molecule has 0 fully saturated rings. The Kier molecular flexibility index (Phi) is 4.86. The quantitative estimate of drug-likeness (QED) is 0.441. The molecule has 0 aromatic heterocycles. The predicted octanol–water partition coefficient (Wildman–Crippen LogP) is 3.67. The van der Waals surface area contributed by atoms with Crippen LogP contribution in [0.15, 0.2) is 60.7 Å². The van der Waals surface area contributed by atoms with Gasteiger partial charge in [0.05, 0.1) is 19.8 Å². The molecular formula is C20H17NO5. The molecule has 0 atom stereocenters. The van der Waals surface area contributed by atoms with E-state index in [2.05, 4.69) is 4.74 Å². The molecule has 0 bridgehead atoms. The number of carbonyl (C=O) groups excluding carboxylic acids is 2. The summed E-state index contributed by atoms with van der Waals surface area (Å²) in [7, 11) is 2.73. The van der Waals surface area contributed by atoms with Crippen LogP contribution in [0, 0.1) is 0 Å². The standard InChI is InChI=1S/C20H17NO5/c1-25-18-16-9-4-3-6-13(16)10-11-17(18)21(24)19(22)14-7-5-8-15(12-14)20(23)26-2/h3-12,24H,1-2H3. The largest absolute Gasteiger partial charge is 0.494 e. The van der Waals surface area contributed by atoms with Crippen LogP contribution >= 0.6 is 0 Å². The number of ether oxygens (including phenoxy) is 2. The zero-order valence-electron chi connectivity index (χ0n) is 14.3. The van der Waals surface area contributed by atoms with Gasteiger partial charge < -0.3 is 9.47 Å². The van der Waals surface area contributed by atoms with Crippen molar-refractivity contribution in [1.29, 1.82) is 0 Å². The minimum Gasteiger partial charge on any atom is -0.494 e. The minimum absolute atomic E-state index is 0.144. The Morgan fingerprint density at radius 2 is 1.65 bits per heavy atom. The second kappa shape index (κ2) is 7.25. The molecule has 0 saturated heterocycles. The van der Waals surface area contributed by atoms with Gasteiger partial charge in [-0.15, -0.1) is 0 Å². The van der Waals surface area contributed by atoms with Crippen molar-refractivity contribution in [3.63, 3.8) is 0 Å². The van der Waals surface area contributed by atoms with Crippen molar-refractivity contribution in [1.82, 2.24) is 0 Å². The summed E-state index contributed by atoms with van der Waals surface area (Å²) in [6, 6.07) is 16.8. The third kappa shape index (κ3) is 3.10. The second-order valence-electron chi connectivity index (χ2n) is 5.53. The predicted molar refractivity (Wildman–Crippen MR) is 96.9 cm³/mol. The van der Waals surface area contributed by atoms with E-state index in [0.29, 0.717) is 10.8 Å². The summed E-state index contributed by atoms with van der Waals surface area (Å²) >= 11 is 0. The van der Waals surface area contributed by atoms with Crippen molar-refractivity contribution < 1.29 is 24.3 Å². The molecule has 26 heavy (non-hydrogen) atoms. The number of carbonyl (C=O) groups is 2. The van der Waals surface area contributed by atoms with Gasteiger partial charge in [0.25, 0.3) is 5.91 Å². The fourth-order valence-electron chi connectivity index (χ4n) is 2.74. The Labute approximate surface area is 150 Å². The molecule has 132 valence electrons. The Morgan fingerprint density at radius 1 is 0.923 bits per heavy atom. The number of methoxy groups -OCH3 is 2. The van der Waals surface area contributed by atoms with Crippen LogP contribution in [0.25, 0.3) is 10.8 Å². The first kappa shape index (κ1) is 17.4. The molecule has 0 radical (unpaired) electrons. The number of esters is 1. The van der Waals surface area contributed by atoms with E-state index in [0.717, 1.165) is 10.8 Å². The minimum atomic E-state index is -0.690. The maximum absolute atomic E-state index is 12.7. The molecule has 1 N–H and O–H groups in total. The lowest BCUT2D eigenvalue weighted by Crippen LogP contribution is -2.27. The fourth-order valence-corrected chi connectivity index (χ4v) is 2.74. The van der Waals surface area contributed by atoms with Crippen molar-refractivity contribution in [2.45, 2.75) is 0 Å². The molecule has 3 aromatic rings. The van der Waals surface area contributed by atoms with Gasteiger partial charge in [-0.25, -0.2) is 4.79 Å². The first-order valence-electron chi connectivity index (χ1n) is 7.84. The number of hydrogen-bond acceptors (Lipinski definition) is 5. The smallest absolute Gasteiger partial charge is 0.337 e. The van der Waals surface area contributed by atoms with Gasteiger partial charge in [-0.1, -0.05) is 36.4 Å². The monoisotopic (exact) mass is 351 g/mol. The number of benzene rings is 3.